The van der Waals surface area contributed by atoms with E-state index >= 15 is 0 Å². The molecule has 0 heterocycles. The highest BCUT2D eigenvalue weighted by Gasteiger charge is 2.50. The van der Waals surface area contributed by atoms with Crippen molar-refractivity contribution in [1.29, 1.82) is 0 Å². The average Bonchev–Trinajstić information content (AvgIpc) is 2.32. The molecule has 6 heteroatoms. The van der Waals surface area contributed by atoms with Crippen molar-refractivity contribution in [2.45, 2.75) is 50.7 Å². The van der Waals surface area contributed by atoms with E-state index in [9.17, 15) is 14.7 Å². The maximum atomic E-state index is 11.8. The number of carbonyl (C=O) groups is 2. The molecule has 1 aromatic carbocycles. The molecule has 1 aliphatic carbocycles. The highest BCUT2D eigenvalue weighted by Crippen LogP contribution is 2.43. The Kier molecular flexibility index (Phi) is 4.15. The number of carbonyl (C=O) groups excluding carboxylic acids is 1. The van der Waals surface area contributed by atoms with Crippen molar-refractivity contribution in [2.24, 2.45) is 5.73 Å². The molecule has 1 aromatic rings. The van der Waals surface area contributed by atoms with E-state index in [0.717, 1.165) is 0 Å². The van der Waals surface area contributed by atoms with E-state index < -0.39 is 23.1 Å². The largest absolute Gasteiger partial charge is 0.481 e. The third-order valence-electron chi connectivity index (χ3n) is 3.69. The van der Waals surface area contributed by atoms with E-state index in [4.69, 9.17) is 10.5 Å². The molecule has 1 amide bonds. The van der Waals surface area contributed by atoms with Crippen molar-refractivity contribution in [3.05, 3.63) is 29.8 Å². The van der Waals surface area contributed by atoms with Crippen LogP contribution >= 0.6 is 0 Å². The lowest BCUT2D eigenvalue weighted by atomic mass is 9.62. The standard InChI is InChI=1S/C16H22N2O4/c1-15(2,3)22-14(21)18-12-6-4-5-10(7-12)16(13(19)20)8-11(17)9-16/h4-7,11H,8-9,17H2,1-3H3,(H,18,21)(H,19,20). The second-order valence-corrected chi connectivity index (χ2v) is 6.76. The van der Waals surface area contributed by atoms with Crippen LogP contribution < -0.4 is 11.1 Å². The van der Waals surface area contributed by atoms with Gasteiger partial charge in [-0.05, 0) is 51.3 Å². The number of hydrogen-bond donors (Lipinski definition) is 3. The summed E-state index contributed by atoms with van der Waals surface area (Å²) in [5.41, 5.74) is 5.37. The minimum absolute atomic E-state index is 0.0985. The number of carboxylic acids is 1. The predicted octanol–water partition coefficient (Wildman–Crippen LogP) is 2.48. The first-order valence-corrected chi connectivity index (χ1v) is 7.22. The van der Waals surface area contributed by atoms with E-state index in [0.29, 0.717) is 24.1 Å². The summed E-state index contributed by atoms with van der Waals surface area (Å²) < 4.78 is 5.19. The zero-order valence-corrected chi connectivity index (χ0v) is 13.1. The molecule has 0 atom stereocenters. The lowest BCUT2D eigenvalue weighted by Gasteiger charge is -2.43. The molecule has 0 saturated heterocycles. The summed E-state index contributed by atoms with van der Waals surface area (Å²) in [7, 11) is 0. The Balaban J connectivity index is 2.17. The fourth-order valence-corrected chi connectivity index (χ4v) is 2.69. The van der Waals surface area contributed by atoms with Gasteiger partial charge in [0.2, 0.25) is 0 Å². The molecule has 1 saturated carbocycles. The first-order valence-electron chi connectivity index (χ1n) is 7.22. The molecule has 1 aliphatic rings. The average molecular weight is 306 g/mol. The zero-order chi connectivity index (χ0) is 16.5. The van der Waals surface area contributed by atoms with E-state index in [2.05, 4.69) is 5.32 Å². The summed E-state index contributed by atoms with van der Waals surface area (Å²) in [6.07, 6.45) is 0.232. The number of anilines is 1. The smallest absolute Gasteiger partial charge is 0.412 e. The Morgan fingerprint density at radius 3 is 2.50 bits per heavy atom. The fourth-order valence-electron chi connectivity index (χ4n) is 2.69. The van der Waals surface area contributed by atoms with Gasteiger partial charge in [0.15, 0.2) is 0 Å². The predicted molar refractivity (Wildman–Crippen MR) is 82.8 cm³/mol. The fraction of sp³-hybridized carbons (Fsp3) is 0.500. The van der Waals surface area contributed by atoms with E-state index in [1.165, 1.54) is 0 Å². The molecule has 0 aromatic heterocycles. The Morgan fingerprint density at radius 2 is 2.00 bits per heavy atom. The van der Waals surface area contributed by atoms with E-state index in [1.807, 2.05) is 0 Å². The normalized spacial score (nSPS) is 24.3. The van der Waals surface area contributed by atoms with Crippen LogP contribution in [0, 0.1) is 0 Å². The Hall–Kier alpha value is -2.08. The van der Waals surface area contributed by atoms with Crippen molar-refractivity contribution < 1.29 is 19.4 Å². The van der Waals surface area contributed by atoms with Crippen LogP contribution in [0.4, 0.5) is 10.5 Å². The number of aliphatic carboxylic acids is 1. The van der Waals surface area contributed by atoms with Gasteiger partial charge in [0.25, 0.3) is 0 Å². The molecular formula is C16H22N2O4. The maximum absolute atomic E-state index is 11.8. The van der Waals surface area contributed by atoms with Gasteiger partial charge in [-0.1, -0.05) is 12.1 Å². The van der Waals surface area contributed by atoms with Gasteiger partial charge in [-0.2, -0.15) is 0 Å². The van der Waals surface area contributed by atoms with Crippen LogP contribution in [0.15, 0.2) is 24.3 Å². The number of hydrogen-bond acceptors (Lipinski definition) is 4. The molecule has 0 radical (unpaired) electrons. The SMILES string of the molecule is CC(C)(C)OC(=O)Nc1cccc(C2(C(=O)O)CC(N)C2)c1. The minimum atomic E-state index is -0.953. The van der Waals surface area contributed by atoms with Crippen LogP contribution in [-0.2, 0) is 14.9 Å². The highest BCUT2D eigenvalue weighted by molar-refractivity contribution is 5.87. The topological polar surface area (TPSA) is 102 Å². The van der Waals surface area contributed by atoms with Crippen molar-refractivity contribution in [1.82, 2.24) is 0 Å². The van der Waals surface area contributed by atoms with Crippen LogP contribution in [0.25, 0.3) is 0 Å². The molecule has 120 valence electrons. The van der Waals surface area contributed by atoms with Gasteiger partial charge in [0.05, 0.1) is 5.41 Å². The van der Waals surface area contributed by atoms with Gasteiger partial charge >= 0.3 is 12.1 Å². The molecule has 22 heavy (non-hydrogen) atoms. The molecule has 0 bridgehead atoms. The monoisotopic (exact) mass is 306 g/mol. The van der Waals surface area contributed by atoms with Gasteiger partial charge < -0.3 is 15.6 Å². The van der Waals surface area contributed by atoms with Crippen LogP contribution in [0.1, 0.15) is 39.2 Å². The van der Waals surface area contributed by atoms with Gasteiger partial charge in [-0.3, -0.25) is 10.1 Å². The van der Waals surface area contributed by atoms with Crippen LogP contribution in [-0.4, -0.2) is 28.8 Å². The summed E-state index contributed by atoms with van der Waals surface area (Å²) in [4.78, 5) is 23.4. The summed E-state index contributed by atoms with van der Waals surface area (Å²) in [6, 6.07) is 6.74. The molecule has 4 N–H and O–H groups in total. The second-order valence-electron chi connectivity index (χ2n) is 6.76. The van der Waals surface area contributed by atoms with Crippen molar-refractivity contribution in [3.8, 4) is 0 Å². The third-order valence-corrected chi connectivity index (χ3v) is 3.69. The van der Waals surface area contributed by atoms with Crippen LogP contribution in [0.3, 0.4) is 0 Å². The number of nitrogens with two attached hydrogens (primary N) is 1. The Bertz CT molecular complexity index is 586. The molecule has 1 fully saturated rings. The molecule has 6 nitrogen and oxygen atoms in total. The van der Waals surface area contributed by atoms with Gasteiger partial charge in [-0.25, -0.2) is 4.79 Å². The first kappa shape index (κ1) is 16.3. The first-order chi connectivity index (χ1) is 10.1. The summed E-state index contributed by atoms with van der Waals surface area (Å²) in [5.74, 6) is -0.886. The summed E-state index contributed by atoms with van der Waals surface area (Å²) >= 11 is 0. The second kappa shape index (κ2) is 5.61. The maximum Gasteiger partial charge on any atom is 0.412 e. The minimum Gasteiger partial charge on any atom is -0.481 e. The van der Waals surface area contributed by atoms with E-state index in [-0.39, 0.29) is 6.04 Å². The summed E-state index contributed by atoms with van der Waals surface area (Å²) in [6.45, 7) is 5.33. The lowest BCUT2D eigenvalue weighted by Crippen LogP contribution is -2.54. The zero-order valence-electron chi connectivity index (χ0n) is 13.1. The Morgan fingerprint density at radius 1 is 1.36 bits per heavy atom. The number of amides is 1. The summed E-state index contributed by atoms with van der Waals surface area (Å²) in [5, 5.41) is 12.1. The number of nitrogens with one attached hydrogen (secondary N) is 1. The number of rotatable bonds is 3. The molecule has 0 spiro atoms. The number of ether oxygens (including phenoxy) is 1. The molecule has 2 rings (SSSR count). The number of carboxylic acid groups (broad SMARTS) is 1. The van der Waals surface area contributed by atoms with Gasteiger partial charge in [-0.15, -0.1) is 0 Å². The van der Waals surface area contributed by atoms with Crippen molar-refractivity contribution >= 4 is 17.7 Å². The van der Waals surface area contributed by atoms with Gasteiger partial charge in [0, 0.05) is 11.7 Å². The van der Waals surface area contributed by atoms with Crippen molar-refractivity contribution in [3.63, 3.8) is 0 Å². The van der Waals surface area contributed by atoms with Crippen molar-refractivity contribution in [2.75, 3.05) is 5.32 Å². The third kappa shape index (κ3) is 3.39. The van der Waals surface area contributed by atoms with E-state index in [1.54, 1.807) is 45.0 Å². The Labute approximate surface area is 129 Å². The lowest BCUT2D eigenvalue weighted by molar-refractivity contribution is -0.148. The van der Waals surface area contributed by atoms with Gasteiger partial charge in [0.1, 0.15) is 5.60 Å². The molecular weight excluding hydrogens is 284 g/mol. The van der Waals surface area contributed by atoms with Crippen LogP contribution in [0.5, 0.6) is 0 Å². The highest BCUT2D eigenvalue weighted by atomic mass is 16.6. The quantitative estimate of drug-likeness (QED) is 0.796. The molecule has 0 aliphatic heterocycles. The van der Waals surface area contributed by atoms with Crippen LogP contribution in [0.2, 0.25) is 0 Å². The number of benzene rings is 1. The molecule has 0 unspecified atom stereocenters.